The van der Waals surface area contributed by atoms with E-state index in [1.165, 1.54) is 0 Å². The van der Waals surface area contributed by atoms with Crippen LogP contribution < -0.4 is 4.74 Å². The Bertz CT molecular complexity index is 1250. The van der Waals surface area contributed by atoms with Crippen LogP contribution in [0.2, 0.25) is 10.0 Å². The molecular formula is C22H14Cl2N4O. The molecular weight excluding hydrogens is 407 g/mol. The number of aromatic nitrogens is 3. The first kappa shape index (κ1) is 19.0. The molecule has 0 bridgehead atoms. The summed E-state index contributed by atoms with van der Waals surface area (Å²) < 4.78 is 5.11. The van der Waals surface area contributed by atoms with Crippen LogP contribution in [0.5, 0.6) is 5.88 Å². The van der Waals surface area contributed by atoms with Crippen LogP contribution >= 0.6 is 23.2 Å². The third-order valence-corrected chi connectivity index (χ3v) is 5.12. The molecule has 0 amide bonds. The molecule has 0 radical (unpaired) electrons. The van der Waals surface area contributed by atoms with E-state index in [0.29, 0.717) is 32.7 Å². The number of ether oxygens (including phenoxy) is 1. The Balaban J connectivity index is 1.82. The molecule has 0 spiro atoms. The SMILES string of the molecule is COc1ccc(-c2cnc3[nH]cc(C=C(C#N)c4c(Cl)cccc4Cl)c3c2)cn1. The lowest BCUT2D eigenvalue weighted by atomic mass is 10.0. The molecule has 0 unspecified atom stereocenters. The lowest BCUT2D eigenvalue weighted by Gasteiger charge is -2.06. The summed E-state index contributed by atoms with van der Waals surface area (Å²) in [5.41, 5.74) is 4.21. The Labute approximate surface area is 177 Å². The number of aromatic amines is 1. The number of hydrogen-bond donors (Lipinski definition) is 1. The van der Waals surface area contributed by atoms with Gasteiger partial charge < -0.3 is 9.72 Å². The Morgan fingerprint density at radius 2 is 1.86 bits per heavy atom. The predicted molar refractivity (Wildman–Crippen MR) is 116 cm³/mol. The molecule has 4 rings (SSSR count). The first-order valence-corrected chi connectivity index (χ1v) is 9.40. The van der Waals surface area contributed by atoms with Gasteiger partial charge in [-0.2, -0.15) is 5.26 Å². The van der Waals surface area contributed by atoms with E-state index < -0.39 is 0 Å². The summed E-state index contributed by atoms with van der Waals surface area (Å²) in [6, 6.07) is 13.1. The summed E-state index contributed by atoms with van der Waals surface area (Å²) in [4.78, 5) is 11.9. The van der Waals surface area contributed by atoms with Gasteiger partial charge in [-0.3, -0.25) is 0 Å². The highest BCUT2D eigenvalue weighted by Crippen LogP contribution is 2.33. The fourth-order valence-corrected chi connectivity index (χ4v) is 3.64. The molecule has 0 aliphatic heterocycles. The van der Waals surface area contributed by atoms with Gasteiger partial charge in [0.1, 0.15) is 5.65 Å². The van der Waals surface area contributed by atoms with Crippen molar-refractivity contribution in [2.45, 2.75) is 0 Å². The van der Waals surface area contributed by atoms with Crippen molar-refractivity contribution in [1.82, 2.24) is 15.0 Å². The Hall–Kier alpha value is -3.33. The minimum absolute atomic E-state index is 0.373. The van der Waals surface area contributed by atoms with Gasteiger partial charge in [0.25, 0.3) is 0 Å². The van der Waals surface area contributed by atoms with Gasteiger partial charge in [-0.15, -0.1) is 0 Å². The van der Waals surface area contributed by atoms with E-state index in [9.17, 15) is 5.26 Å². The molecule has 5 nitrogen and oxygen atoms in total. The predicted octanol–water partition coefficient (Wildman–Crippen LogP) is 6.00. The number of methoxy groups -OCH3 is 1. The van der Waals surface area contributed by atoms with Gasteiger partial charge in [-0.05, 0) is 30.3 Å². The Morgan fingerprint density at radius 1 is 1.10 bits per heavy atom. The number of H-pyrrole nitrogens is 1. The summed E-state index contributed by atoms with van der Waals surface area (Å²) in [6.45, 7) is 0. The molecule has 0 atom stereocenters. The first-order chi connectivity index (χ1) is 14.1. The van der Waals surface area contributed by atoms with Crippen LogP contribution in [0, 0.1) is 11.3 Å². The normalized spacial score (nSPS) is 11.4. The lowest BCUT2D eigenvalue weighted by molar-refractivity contribution is 0.398. The second-order valence-electron chi connectivity index (χ2n) is 6.22. The highest BCUT2D eigenvalue weighted by atomic mass is 35.5. The number of rotatable bonds is 4. The molecule has 3 heterocycles. The average Bonchev–Trinajstić information content (AvgIpc) is 3.15. The molecule has 142 valence electrons. The van der Waals surface area contributed by atoms with Gasteiger partial charge in [0.15, 0.2) is 0 Å². The first-order valence-electron chi connectivity index (χ1n) is 8.64. The molecule has 7 heteroatoms. The van der Waals surface area contributed by atoms with Crippen LogP contribution in [-0.2, 0) is 0 Å². The molecule has 0 saturated carbocycles. The quantitative estimate of drug-likeness (QED) is 0.410. The summed E-state index contributed by atoms with van der Waals surface area (Å²) >= 11 is 12.6. The van der Waals surface area contributed by atoms with E-state index in [-0.39, 0.29) is 0 Å². The van der Waals surface area contributed by atoms with Crippen molar-refractivity contribution in [2.75, 3.05) is 7.11 Å². The molecule has 0 saturated heterocycles. The van der Waals surface area contributed by atoms with Gasteiger partial charge >= 0.3 is 0 Å². The Morgan fingerprint density at radius 3 is 2.52 bits per heavy atom. The maximum Gasteiger partial charge on any atom is 0.212 e. The topological polar surface area (TPSA) is 74.6 Å². The van der Waals surface area contributed by atoms with Crippen LogP contribution in [0.25, 0.3) is 33.8 Å². The number of nitriles is 1. The number of halogens is 2. The van der Waals surface area contributed by atoms with Crippen molar-refractivity contribution < 1.29 is 4.74 Å². The Kier molecular flexibility index (Phi) is 5.22. The van der Waals surface area contributed by atoms with Crippen molar-refractivity contribution in [3.8, 4) is 23.1 Å². The molecule has 0 fully saturated rings. The van der Waals surface area contributed by atoms with Crippen molar-refractivity contribution in [1.29, 1.82) is 5.26 Å². The van der Waals surface area contributed by atoms with Crippen LogP contribution in [0.15, 0.2) is 55.0 Å². The molecule has 0 aliphatic rings. The zero-order chi connectivity index (χ0) is 20.4. The summed E-state index contributed by atoms with van der Waals surface area (Å²) in [5, 5.41) is 11.4. The number of nitrogens with zero attached hydrogens (tertiary/aromatic N) is 3. The number of fused-ring (bicyclic) bond motifs is 1. The molecule has 1 N–H and O–H groups in total. The molecule has 0 aliphatic carbocycles. The second kappa shape index (κ2) is 7.96. The van der Waals surface area contributed by atoms with E-state index in [4.69, 9.17) is 27.9 Å². The maximum atomic E-state index is 9.70. The van der Waals surface area contributed by atoms with Gasteiger partial charge in [0, 0.05) is 52.3 Å². The van der Waals surface area contributed by atoms with Crippen molar-refractivity contribution >= 4 is 45.9 Å². The summed E-state index contributed by atoms with van der Waals surface area (Å²) in [7, 11) is 1.58. The zero-order valence-corrected chi connectivity index (χ0v) is 16.8. The number of benzene rings is 1. The van der Waals surface area contributed by atoms with Gasteiger partial charge in [-0.25, -0.2) is 9.97 Å². The summed E-state index contributed by atoms with van der Waals surface area (Å²) in [5.74, 6) is 0.545. The third kappa shape index (κ3) is 3.68. The highest BCUT2D eigenvalue weighted by molar-refractivity contribution is 6.38. The minimum Gasteiger partial charge on any atom is -0.481 e. The monoisotopic (exact) mass is 420 g/mol. The molecule has 4 aromatic rings. The van der Waals surface area contributed by atoms with Gasteiger partial charge in [-0.1, -0.05) is 29.3 Å². The molecule has 29 heavy (non-hydrogen) atoms. The van der Waals surface area contributed by atoms with Crippen LogP contribution in [-0.4, -0.2) is 22.1 Å². The van der Waals surface area contributed by atoms with E-state index in [1.54, 1.807) is 56.0 Å². The van der Waals surface area contributed by atoms with E-state index >= 15 is 0 Å². The second-order valence-corrected chi connectivity index (χ2v) is 7.03. The largest absolute Gasteiger partial charge is 0.481 e. The summed E-state index contributed by atoms with van der Waals surface area (Å²) in [6.07, 6.45) is 7.06. The fraction of sp³-hybridized carbons (Fsp3) is 0.0455. The van der Waals surface area contributed by atoms with E-state index in [0.717, 1.165) is 22.1 Å². The number of pyridine rings is 2. The van der Waals surface area contributed by atoms with E-state index in [1.807, 2.05) is 12.1 Å². The van der Waals surface area contributed by atoms with Gasteiger partial charge in [0.05, 0.1) is 28.8 Å². The lowest BCUT2D eigenvalue weighted by Crippen LogP contribution is -1.88. The van der Waals surface area contributed by atoms with Crippen LogP contribution in [0.3, 0.4) is 0 Å². The molecule has 1 aromatic carbocycles. The smallest absolute Gasteiger partial charge is 0.212 e. The average molecular weight is 421 g/mol. The highest BCUT2D eigenvalue weighted by Gasteiger charge is 2.13. The van der Waals surface area contributed by atoms with Crippen molar-refractivity contribution in [3.05, 3.63) is 76.2 Å². The van der Waals surface area contributed by atoms with Crippen LogP contribution in [0.4, 0.5) is 0 Å². The minimum atomic E-state index is 0.373. The fourth-order valence-electron chi connectivity index (χ4n) is 3.04. The molecule has 3 aromatic heterocycles. The van der Waals surface area contributed by atoms with Gasteiger partial charge in [0.2, 0.25) is 5.88 Å². The number of allylic oxidation sites excluding steroid dienone is 1. The number of nitrogens with one attached hydrogen (secondary N) is 1. The third-order valence-electron chi connectivity index (χ3n) is 4.49. The number of hydrogen-bond acceptors (Lipinski definition) is 4. The van der Waals surface area contributed by atoms with Crippen LogP contribution in [0.1, 0.15) is 11.1 Å². The standard InChI is InChI=1S/C22H14Cl2N4O/c1-29-20-6-5-13(10-26-20)15-8-17-16(12-28-22(17)27-11-15)7-14(9-25)21-18(23)3-2-4-19(21)24/h2-8,10-12H,1H3,(H,27,28). The van der Waals surface area contributed by atoms with Crippen molar-refractivity contribution in [2.24, 2.45) is 0 Å². The maximum absolute atomic E-state index is 9.70. The van der Waals surface area contributed by atoms with E-state index in [2.05, 4.69) is 21.0 Å². The zero-order valence-electron chi connectivity index (χ0n) is 15.3. The van der Waals surface area contributed by atoms with Crippen molar-refractivity contribution in [3.63, 3.8) is 0 Å².